The Morgan fingerprint density at radius 1 is 1.52 bits per heavy atom. The third kappa shape index (κ3) is 3.15. The molecule has 21 heavy (non-hydrogen) atoms. The van der Waals surface area contributed by atoms with Crippen LogP contribution < -0.4 is 5.32 Å². The number of H-pyrrole nitrogens is 1. The Kier molecular flexibility index (Phi) is 3.87. The SMILES string of the molecule is Cc1cc(C(C)(O)CNC(=O)c2ccc(C#N)[nH]2)c(C)o1. The molecule has 0 saturated carbocycles. The number of nitriles is 1. The summed E-state index contributed by atoms with van der Waals surface area (Å²) in [5.41, 5.74) is 0.00229. The largest absolute Gasteiger partial charge is 0.466 e. The normalized spacial score (nSPS) is 13.5. The summed E-state index contributed by atoms with van der Waals surface area (Å²) < 4.78 is 5.40. The van der Waals surface area contributed by atoms with Crippen LogP contribution in [-0.2, 0) is 5.60 Å². The number of furan rings is 1. The van der Waals surface area contributed by atoms with E-state index in [0.29, 0.717) is 22.8 Å². The number of aryl methyl sites for hydroxylation is 2. The van der Waals surface area contributed by atoms with Crippen LogP contribution >= 0.6 is 0 Å². The van der Waals surface area contributed by atoms with Gasteiger partial charge >= 0.3 is 0 Å². The average Bonchev–Trinajstić information content (AvgIpc) is 3.02. The minimum Gasteiger partial charge on any atom is -0.466 e. The van der Waals surface area contributed by atoms with E-state index < -0.39 is 5.60 Å². The minimum absolute atomic E-state index is 0.0343. The van der Waals surface area contributed by atoms with E-state index in [-0.39, 0.29) is 18.1 Å². The highest BCUT2D eigenvalue weighted by Gasteiger charge is 2.28. The van der Waals surface area contributed by atoms with Crippen molar-refractivity contribution in [3.05, 3.63) is 46.7 Å². The highest BCUT2D eigenvalue weighted by molar-refractivity contribution is 5.92. The quantitative estimate of drug-likeness (QED) is 0.797. The summed E-state index contributed by atoms with van der Waals surface area (Å²) in [4.78, 5) is 14.6. The lowest BCUT2D eigenvalue weighted by Gasteiger charge is -2.23. The first-order valence-electron chi connectivity index (χ1n) is 6.50. The van der Waals surface area contributed by atoms with Crippen molar-refractivity contribution in [1.82, 2.24) is 10.3 Å². The number of amides is 1. The van der Waals surface area contributed by atoms with E-state index >= 15 is 0 Å². The van der Waals surface area contributed by atoms with E-state index in [1.807, 2.05) is 6.07 Å². The number of nitrogens with zero attached hydrogens (tertiary/aromatic N) is 1. The Morgan fingerprint density at radius 3 is 2.76 bits per heavy atom. The molecule has 0 bridgehead atoms. The van der Waals surface area contributed by atoms with Gasteiger partial charge in [-0.15, -0.1) is 0 Å². The molecule has 2 aromatic rings. The Labute approximate surface area is 122 Å². The van der Waals surface area contributed by atoms with Crippen LogP contribution in [0.4, 0.5) is 0 Å². The van der Waals surface area contributed by atoms with Gasteiger partial charge in [0.15, 0.2) is 0 Å². The fourth-order valence-electron chi connectivity index (χ4n) is 2.20. The number of aromatic amines is 1. The van der Waals surface area contributed by atoms with Crippen molar-refractivity contribution in [3.8, 4) is 6.07 Å². The summed E-state index contributed by atoms with van der Waals surface area (Å²) in [6.07, 6.45) is 0. The van der Waals surface area contributed by atoms with Crippen LogP contribution in [0.15, 0.2) is 22.6 Å². The first-order valence-corrected chi connectivity index (χ1v) is 6.50. The molecule has 110 valence electrons. The van der Waals surface area contributed by atoms with Gasteiger partial charge in [-0.05, 0) is 39.0 Å². The standard InChI is InChI=1S/C15H17N3O3/c1-9-6-12(10(2)21-9)15(3,20)8-17-14(19)13-5-4-11(7-16)18-13/h4-6,18,20H,8H2,1-3H3,(H,17,19). The molecule has 0 radical (unpaired) electrons. The maximum absolute atomic E-state index is 12.0. The van der Waals surface area contributed by atoms with Crippen LogP contribution in [-0.4, -0.2) is 22.5 Å². The zero-order valence-electron chi connectivity index (χ0n) is 12.2. The molecular formula is C15H17N3O3. The topological polar surface area (TPSA) is 102 Å². The van der Waals surface area contributed by atoms with Crippen molar-refractivity contribution in [2.75, 3.05) is 6.54 Å². The van der Waals surface area contributed by atoms with Crippen molar-refractivity contribution < 1.29 is 14.3 Å². The minimum atomic E-state index is -1.23. The molecule has 2 aromatic heterocycles. The van der Waals surface area contributed by atoms with Crippen molar-refractivity contribution in [3.63, 3.8) is 0 Å². The van der Waals surface area contributed by atoms with Crippen LogP contribution in [0.2, 0.25) is 0 Å². The monoisotopic (exact) mass is 287 g/mol. The summed E-state index contributed by atoms with van der Waals surface area (Å²) in [5, 5.41) is 21.8. The van der Waals surface area contributed by atoms with Crippen LogP contribution in [0.1, 0.15) is 40.2 Å². The van der Waals surface area contributed by atoms with Gasteiger partial charge in [0.25, 0.3) is 5.91 Å². The first-order chi connectivity index (χ1) is 9.83. The Bertz CT molecular complexity index is 704. The number of aliphatic hydroxyl groups is 1. The summed E-state index contributed by atoms with van der Waals surface area (Å²) >= 11 is 0. The van der Waals surface area contributed by atoms with Gasteiger partial charge in [0, 0.05) is 5.56 Å². The van der Waals surface area contributed by atoms with Gasteiger partial charge in [0.2, 0.25) is 0 Å². The number of hydrogen-bond acceptors (Lipinski definition) is 4. The molecule has 0 spiro atoms. The van der Waals surface area contributed by atoms with Crippen LogP contribution in [0.3, 0.4) is 0 Å². The number of nitrogens with one attached hydrogen (secondary N) is 2. The number of carbonyl (C=O) groups is 1. The molecule has 0 aliphatic carbocycles. The van der Waals surface area contributed by atoms with Crippen molar-refractivity contribution >= 4 is 5.91 Å². The third-order valence-corrected chi connectivity index (χ3v) is 3.27. The fraction of sp³-hybridized carbons (Fsp3) is 0.333. The molecule has 2 heterocycles. The summed E-state index contributed by atoms with van der Waals surface area (Å²) in [6.45, 7) is 5.21. The van der Waals surface area contributed by atoms with Gasteiger partial charge in [0.1, 0.15) is 34.6 Å². The summed E-state index contributed by atoms with van der Waals surface area (Å²) in [7, 11) is 0. The highest BCUT2D eigenvalue weighted by atomic mass is 16.3. The van der Waals surface area contributed by atoms with Crippen molar-refractivity contribution in [2.45, 2.75) is 26.4 Å². The molecule has 0 fully saturated rings. The molecule has 3 N–H and O–H groups in total. The average molecular weight is 287 g/mol. The molecule has 2 rings (SSSR count). The molecule has 1 amide bonds. The molecule has 0 saturated heterocycles. The molecule has 0 aliphatic heterocycles. The molecule has 1 unspecified atom stereocenters. The van der Waals surface area contributed by atoms with E-state index in [9.17, 15) is 9.90 Å². The lowest BCUT2D eigenvalue weighted by molar-refractivity contribution is 0.0513. The molecular weight excluding hydrogens is 270 g/mol. The molecule has 6 heteroatoms. The molecule has 0 aliphatic rings. The lowest BCUT2D eigenvalue weighted by Crippen LogP contribution is -2.38. The number of rotatable bonds is 4. The van der Waals surface area contributed by atoms with Gasteiger partial charge in [-0.2, -0.15) is 5.26 Å². The smallest absolute Gasteiger partial charge is 0.267 e. The third-order valence-electron chi connectivity index (χ3n) is 3.27. The maximum atomic E-state index is 12.0. The molecule has 0 aromatic carbocycles. The van der Waals surface area contributed by atoms with Crippen molar-refractivity contribution in [1.29, 1.82) is 5.26 Å². The van der Waals surface area contributed by atoms with Gasteiger partial charge in [-0.1, -0.05) is 0 Å². The number of hydrogen-bond donors (Lipinski definition) is 3. The number of aromatic nitrogens is 1. The van der Waals surface area contributed by atoms with E-state index in [1.54, 1.807) is 26.8 Å². The van der Waals surface area contributed by atoms with E-state index in [1.165, 1.54) is 12.1 Å². The van der Waals surface area contributed by atoms with E-state index in [2.05, 4.69) is 10.3 Å². The molecule has 1 atom stereocenters. The second kappa shape index (κ2) is 5.46. The highest BCUT2D eigenvalue weighted by Crippen LogP contribution is 2.26. The van der Waals surface area contributed by atoms with Gasteiger partial charge in [-0.3, -0.25) is 4.79 Å². The van der Waals surface area contributed by atoms with E-state index in [0.717, 1.165) is 0 Å². The van der Waals surface area contributed by atoms with E-state index in [4.69, 9.17) is 9.68 Å². The van der Waals surface area contributed by atoms with Gasteiger partial charge in [0.05, 0.1) is 6.54 Å². The fourth-order valence-corrected chi connectivity index (χ4v) is 2.20. The Balaban J connectivity index is 2.06. The predicted octanol–water partition coefficient (Wildman–Crippen LogP) is 1.73. The van der Waals surface area contributed by atoms with Crippen LogP contribution in [0.5, 0.6) is 0 Å². The second-order valence-corrected chi connectivity index (χ2v) is 5.18. The molecule has 6 nitrogen and oxygen atoms in total. The van der Waals surface area contributed by atoms with Gasteiger partial charge < -0.3 is 19.8 Å². The second-order valence-electron chi connectivity index (χ2n) is 5.18. The van der Waals surface area contributed by atoms with Crippen LogP contribution in [0.25, 0.3) is 0 Å². The summed E-state index contributed by atoms with van der Waals surface area (Å²) in [5.74, 6) is 0.949. The zero-order valence-corrected chi connectivity index (χ0v) is 12.2. The number of carbonyl (C=O) groups excluding carboxylic acids is 1. The first kappa shape index (κ1) is 14.9. The van der Waals surface area contributed by atoms with Crippen molar-refractivity contribution in [2.24, 2.45) is 0 Å². The van der Waals surface area contributed by atoms with Crippen LogP contribution in [0, 0.1) is 25.2 Å². The predicted molar refractivity (Wildman–Crippen MR) is 75.6 cm³/mol. The Morgan fingerprint density at radius 2 is 2.24 bits per heavy atom. The maximum Gasteiger partial charge on any atom is 0.267 e. The lowest BCUT2D eigenvalue weighted by atomic mass is 9.96. The zero-order chi connectivity index (χ0) is 15.6. The summed E-state index contributed by atoms with van der Waals surface area (Å²) in [6, 6.07) is 6.72. The van der Waals surface area contributed by atoms with Gasteiger partial charge in [-0.25, -0.2) is 0 Å². The Hall–Kier alpha value is -2.52.